The van der Waals surface area contributed by atoms with E-state index >= 15 is 0 Å². The lowest BCUT2D eigenvalue weighted by molar-refractivity contribution is -0.120. The first kappa shape index (κ1) is 27.4. The highest BCUT2D eigenvalue weighted by molar-refractivity contribution is 5.97. The third-order valence-electron chi connectivity index (χ3n) is 9.41. The zero-order valence-electron chi connectivity index (χ0n) is 23.5. The van der Waals surface area contributed by atoms with Crippen LogP contribution in [-0.2, 0) is 23.1 Å². The van der Waals surface area contributed by atoms with Gasteiger partial charge < -0.3 is 26.0 Å². The third kappa shape index (κ3) is 5.36. The second kappa shape index (κ2) is 10.5. The van der Waals surface area contributed by atoms with Gasteiger partial charge >= 0.3 is 0 Å². The number of nitrogens with two attached hydrogens (primary N) is 1. The molecule has 1 saturated carbocycles. The number of aromatic hydroxyl groups is 1. The molecule has 8 nitrogen and oxygen atoms in total. The molecule has 0 spiro atoms. The summed E-state index contributed by atoms with van der Waals surface area (Å²) in [6, 6.07) is 6.83. The molecule has 5 N–H and O–H groups in total. The van der Waals surface area contributed by atoms with Gasteiger partial charge in [-0.15, -0.1) is 0 Å². The van der Waals surface area contributed by atoms with Crippen LogP contribution in [0.3, 0.4) is 0 Å². The number of piperidine rings is 1. The van der Waals surface area contributed by atoms with Crippen LogP contribution in [0.5, 0.6) is 5.75 Å². The average molecular weight is 535 g/mol. The first-order valence-electron chi connectivity index (χ1n) is 14.4. The number of fused-ring (bicyclic) bond motifs is 2. The molecule has 3 aliphatic rings. The summed E-state index contributed by atoms with van der Waals surface area (Å²) in [7, 11) is 0. The fourth-order valence-corrected chi connectivity index (χ4v) is 7.13. The number of pyridine rings is 1. The van der Waals surface area contributed by atoms with E-state index in [2.05, 4.69) is 29.0 Å². The van der Waals surface area contributed by atoms with Crippen molar-refractivity contribution in [3.05, 3.63) is 62.6 Å². The van der Waals surface area contributed by atoms with E-state index in [0.717, 1.165) is 54.2 Å². The molecule has 8 heteroatoms. The number of primary amides is 1. The predicted octanol–water partition coefficient (Wildman–Crippen LogP) is 3.18. The maximum absolute atomic E-state index is 13.2. The van der Waals surface area contributed by atoms with Crippen molar-refractivity contribution in [1.82, 2.24) is 15.2 Å². The number of aryl methyl sites for hydroxylation is 1. The molecule has 2 heterocycles. The number of phenols is 1. The van der Waals surface area contributed by atoms with E-state index in [1.54, 1.807) is 12.1 Å². The number of phenolic OH excluding ortho intramolecular Hbond substituents is 1. The van der Waals surface area contributed by atoms with E-state index in [1.165, 1.54) is 12.8 Å². The first-order valence-corrected chi connectivity index (χ1v) is 14.4. The number of aromatic nitrogens is 1. The monoisotopic (exact) mass is 534 g/mol. The highest BCUT2D eigenvalue weighted by atomic mass is 16.3. The highest BCUT2D eigenvalue weighted by Crippen LogP contribution is 2.51. The Labute approximate surface area is 230 Å². The number of rotatable bonds is 8. The zero-order chi connectivity index (χ0) is 28.1. The Morgan fingerprint density at radius 2 is 2.00 bits per heavy atom. The summed E-state index contributed by atoms with van der Waals surface area (Å²) >= 11 is 0. The number of hydrogen-bond donors (Lipinski definition) is 4. The van der Waals surface area contributed by atoms with E-state index in [9.17, 15) is 19.5 Å². The number of aromatic amines is 1. The van der Waals surface area contributed by atoms with E-state index in [4.69, 9.17) is 5.73 Å². The lowest BCUT2D eigenvalue weighted by atomic mass is 9.55. The molecule has 2 fully saturated rings. The Kier molecular flexibility index (Phi) is 7.35. The molecule has 5 rings (SSSR count). The quantitative estimate of drug-likeness (QED) is 0.414. The van der Waals surface area contributed by atoms with Crippen LogP contribution < -0.4 is 16.6 Å². The van der Waals surface area contributed by atoms with Gasteiger partial charge in [0.25, 0.3) is 11.5 Å². The molecule has 39 heavy (non-hydrogen) atoms. The van der Waals surface area contributed by atoms with Gasteiger partial charge in [0.1, 0.15) is 17.4 Å². The Hall–Kier alpha value is -3.13. The minimum atomic E-state index is -0.830. The summed E-state index contributed by atoms with van der Waals surface area (Å²) < 4.78 is 0. The molecule has 1 aliphatic heterocycles. The van der Waals surface area contributed by atoms with E-state index in [-0.39, 0.29) is 28.6 Å². The van der Waals surface area contributed by atoms with E-state index < -0.39 is 23.4 Å². The number of benzene rings is 1. The lowest BCUT2D eigenvalue weighted by Crippen LogP contribution is -2.59. The van der Waals surface area contributed by atoms with Gasteiger partial charge in [0.2, 0.25) is 5.91 Å². The summed E-state index contributed by atoms with van der Waals surface area (Å²) in [6.07, 6.45) is 5.32. The van der Waals surface area contributed by atoms with Crippen molar-refractivity contribution in [3.8, 4) is 5.75 Å². The van der Waals surface area contributed by atoms with Crippen molar-refractivity contribution >= 4 is 11.8 Å². The summed E-state index contributed by atoms with van der Waals surface area (Å²) in [5.41, 5.74) is 8.98. The molecular weight excluding hydrogens is 492 g/mol. The molecule has 1 saturated heterocycles. The molecular formula is C31H42N4O4. The van der Waals surface area contributed by atoms with Crippen molar-refractivity contribution in [2.24, 2.45) is 23.5 Å². The van der Waals surface area contributed by atoms with E-state index in [1.807, 2.05) is 26.0 Å². The molecule has 0 bridgehead atoms. The maximum atomic E-state index is 13.2. The minimum Gasteiger partial charge on any atom is -0.508 e. The number of nitrogens with one attached hydrogen (secondary N) is 2. The molecule has 0 unspecified atom stereocenters. The lowest BCUT2D eigenvalue weighted by Gasteiger charge is -2.55. The van der Waals surface area contributed by atoms with Crippen molar-refractivity contribution < 1.29 is 14.7 Å². The number of carbonyl (C=O) groups is 2. The Bertz CT molecular complexity index is 1330. The molecule has 1 aromatic heterocycles. The van der Waals surface area contributed by atoms with Crippen molar-refractivity contribution in [2.45, 2.75) is 83.7 Å². The van der Waals surface area contributed by atoms with Gasteiger partial charge in [-0.1, -0.05) is 19.9 Å². The van der Waals surface area contributed by atoms with Crippen LogP contribution in [0.15, 0.2) is 29.1 Å². The average Bonchev–Trinajstić information content (AvgIpc) is 3.69. The normalized spacial score (nSPS) is 25.6. The molecule has 1 aromatic carbocycles. The molecule has 210 valence electrons. The van der Waals surface area contributed by atoms with Crippen LogP contribution >= 0.6 is 0 Å². The van der Waals surface area contributed by atoms with Crippen molar-refractivity contribution in [3.63, 3.8) is 0 Å². The summed E-state index contributed by atoms with van der Waals surface area (Å²) in [5.74, 6) is 0.271. The van der Waals surface area contributed by atoms with Crippen LogP contribution in [0, 0.1) is 24.7 Å². The molecule has 0 radical (unpaired) electrons. The van der Waals surface area contributed by atoms with Crippen LogP contribution in [0.25, 0.3) is 0 Å². The van der Waals surface area contributed by atoms with Gasteiger partial charge in [-0.2, -0.15) is 0 Å². The smallest absolute Gasteiger partial charge is 0.261 e. The molecule has 2 aliphatic carbocycles. The summed E-state index contributed by atoms with van der Waals surface area (Å²) in [5, 5.41) is 13.1. The SMILES string of the molecule is Cc1ccc(O)cc1[C@]12CCN(CC3CC3)[C@H](C)[C@@H]1Cc1cc(C(=O)N[C@@H](CC(C)C)C(N)=O)c(=O)[nH]c1C2. The summed E-state index contributed by atoms with van der Waals surface area (Å²) in [6.45, 7) is 10.4. The number of likely N-dealkylation sites (tertiary alicyclic amines) is 1. The van der Waals surface area contributed by atoms with Crippen molar-refractivity contribution in [1.29, 1.82) is 0 Å². The first-order chi connectivity index (χ1) is 18.5. The van der Waals surface area contributed by atoms with Crippen LogP contribution in [0.2, 0.25) is 0 Å². The Morgan fingerprint density at radius 3 is 2.67 bits per heavy atom. The second-order valence-corrected chi connectivity index (χ2v) is 12.6. The summed E-state index contributed by atoms with van der Waals surface area (Å²) in [4.78, 5) is 44.0. The van der Waals surface area contributed by atoms with Gasteiger partial charge in [0, 0.05) is 23.7 Å². The number of nitrogens with zero attached hydrogens (tertiary/aromatic N) is 1. The molecule has 4 atom stereocenters. The third-order valence-corrected chi connectivity index (χ3v) is 9.41. The van der Waals surface area contributed by atoms with Gasteiger partial charge in [-0.3, -0.25) is 14.4 Å². The highest BCUT2D eigenvalue weighted by Gasteiger charge is 2.51. The standard InChI is InChI=1S/C31H42N4O4/c1-17(2)11-26(28(32)37)33-29(38)23-12-21-13-25-19(4)35(16-20-6-7-20)10-9-31(25,15-27(21)34-30(23)39)24-14-22(36)8-5-18(24)3/h5,8,12,14,17,19-20,25-26,36H,6-7,9-11,13,15-16H2,1-4H3,(H2,32,37)(H,33,38)(H,34,39)/t19-,25+,26+,31-/m1/s1. The topological polar surface area (TPSA) is 129 Å². The fraction of sp³-hybridized carbons (Fsp3) is 0.581. The second-order valence-electron chi connectivity index (χ2n) is 12.6. The Balaban J connectivity index is 1.52. The predicted molar refractivity (Wildman–Crippen MR) is 151 cm³/mol. The largest absolute Gasteiger partial charge is 0.508 e. The number of carbonyl (C=O) groups excluding carboxylic acids is 2. The van der Waals surface area contributed by atoms with Gasteiger partial charge in [0.05, 0.1) is 0 Å². The number of hydrogen-bond acceptors (Lipinski definition) is 5. The molecule has 2 amide bonds. The van der Waals surface area contributed by atoms with E-state index in [0.29, 0.717) is 18.9 Å². The zero-order valence-corrected chi connectivity index (χ0v) is 23.5. The van der Waals surface area contributed by atoms with Crippen LogP contribution in [0.4, 0.5) is 0 Å². The number of amides is 2. The number of H-pyrrole nitrogens is 1. The van der Waals surface area contributed by atoms with Crippen molar-refractivity contribution in [2.75, 3.05) is 13.1 Å². The fourth-order valence-electron chi connectivity index (χ4n) is 7.13. The Morgan fingerprint density at radius 1 is 1.26 bits per heavy atom. The molecule has 2 aromatic rings. The van der Waals surface area contributed by atoms with Gasteiger partial charge in [-0.05, 0) is 112 Å². The van der Waals surface area contributed by atoms with Gasteiger partial charge in [0.15, 0.2) is 0 Å². The van der Waals surface area contributed by atoms with Gasteiger partial charge in [-0.25, -0.2) is 0 Å². The maximum Gasteiger partial charge on any atom is 0.261 e. The minimum absolute atomic E-state index is 0.0168. The van der Waals surface area contributed by atoms with Crippen LogP contribution in [-0.4, -0.2) is 52.0 Å². The van der Waals surface area contributed by atoms with Crippen LogP contribution in [0.1, 0.15) is 79.2 Å².